The largest absolute Gasteiger partial charge is 0.508 e. The molecule has 0 bridgehead atoms. The second-order valence-corrected chi connectivity index (χ2v) is 4.67. The van der Waals surface area contributed by atoms with E-state index in [-0.39, 0.29) is 11.7 Å². The van der Waals surface area contributed by atoms with Crippen LogP contribution in [0.15, 0.2) is 42.5 Å². The fourth-order valence-electron chi connectivity index (χ4n) is 1.65. The summed E-state index contributed by atoms with van der Waals surface area (Å²) < 4.78 is 3.01. The number of rotatable bonds is 3. The Morgan fingerprint density at radius 1 is 1.21 bits per heavy atom. The molecule has 0 saturated heterocycles. The zero-order chi connectivity index (χ0) is 13.8. The lowest BCUT2D eigenvalue weighted by atomic mass is 10.1. The highest BCUT2D eigenvalue weighted by molar-refractivity contribution is 14.1. The number of aryl methyl sites for hydroxylation is 1. The van der Waals surface area contributed by atoms with Crippen molar-refractivity contribution in [3.8, 4) is 5.75 Å². The highest BCUT2D eigenvalue weighted by Crippen LogP contribution is 2.20. The molecule has 0 radical (unpaired) electrons. The van der Waals surface area contributed by atoms with Gasteiger partial charge in [-0.05, 0) is 36.8 Å². The van der Waals surface area contributed by atoms with Gasteiger partial charge >= 0.3 is 0 Å². The summed E-state index contributed by atoms with van der Waals surface area (Å²) in [6.45, 7) is 1.97. The Hall–Kier alpha value is -1.76. The van der Waals surface area contributed by atoms with Crippen LogP contribution in [0.1, 0.15) is 15.9 Å². The third-order valence-corrected chi connectivity index (χ3v) is 3.29. The van der Waals surface area contributed by atoms with Crippen LogP contribution in [0.25, 0.3) is 0 Å². The lowest BCUT2D eigenvalue weighted by Crippen LogP contribution is -2.12. The summed E-state index contributed by atoms with van der Waals surface area (Å²) in [5, 5.41) is 12.1. The molecule has 0 saturated carbocycles. The first-order valence-corrected chi connectivity index (χ1v) is 6.75. The van der Waals surface area contributed by atoms with Crippen molar-refractivity contribution in [2.75, 3.05) is 8.85 Å². The normalized spacial score (nSPS) is 10.0. The van der Waals surface area contributed by atoms with Crippen molar-refractivity contribution in [3.05, 3.63) is 53.6 Å². The molecule has 1 amide bonds. The highest BCUT2D eigenvalue weighted by atomic mass is 127. The van der Waals surface area contributed by atoms with Gasteiger partial charge in [0.05, 0.1) is 22.9 Å². The van der Waals surface area contributed by atoms with Crippen molar-refractivity contribution >= 4 is 40.1 Å². The molecule has 19 heavy (non-hydrogen) atoms. The number of aromatic hydroxyl groups is 1. The van der Waals surface area contributed by atoms with E-state index in [2.05, 4.69) is 8.85 Å². The minimum atomic E-state index is -0.210. The first-order chi connectivity index (χ1) is 9.10. The van der Waals surface area contributed by atoms with Crippen molar-refractivity contribution in [2.45, 2.75) is 6.92 Å². The van der Waals surface area contributed by atoms with Gasteiger partial charge in [-0.15, -0.1) is 0 Å². The number of hydrogen-bond acceptors (Lipinski definition) is 3. The molecule has 98 valence electrons. The molecular weight excluding hydrogens is 355 g/mol. The third-order valence-electron chi connectivity index (χ3n) is 2.71. The predicted octanol–water partition coefficient (Wildman–Crippen LogP) is 3.71. The molecule has 5 heteroatoms. The number of benzene rings is 2. The number of phenolic OH excluding ortho intramolecular Hbond substituents is 1. The first-order valence-electron chi connectivity index (χ1n) is 5.68. The summed E-state index contributed by atoms with van der Waals surface area (Å²) >= 11 is 2.03. The van der Waals surface area contributed by atoms with Crippen LogP contribution in [-0.4, -0.2) is 11.0 Å². The van der Waals surface area contributed by atoms with E-state index in [1.165, 1.54) is 6.07 Å². The molecule has 0 atom stereocenters. The Labute approximate surface area is 125 Å². The van der Waals surface area contributed by atoms with E-state index in [0.717, 1.165) is 11.3 Å². The Morgan fingerprint density at radius 3 is 2.68 bits per heavy atom. The molecule has 0 aliphatic rings. The zero-order valence-corrected chi connectivity index (χ0v) is 12.4. The fourth-order valence-corrected chi connectivity index (χ4v) is 2.23. The number of hydrogen-bond donors (Lipinski definition) is 3. The lowest BCUT2D eigenvalue weighted by molar-refractivity contribution is 0.102. The van der Waals surface area contributed by atoms with E-state index in [1.54, 1.807) is 30.3 Å². The van der Waals surface area contributed by atoms with E-state index < -0.39 is 0 Å². The molecule has 4 nitrogen and oxygen atoms in total. The maximum absolute atomic E-state index is 12.1. The van der Waals surface area contributed by atoms with Gasteiger partial charge in [0.25, 0.3) is 5.91 Å². The summed E-state index contributed by atoms with van der Waals surface area (Å²) in [6, 6.07) is 11.9. The second kappa shape index (κ2) is 5.92. The quantitative estimate of drug-likeness (QED) is 0.572. The van der Waals surface area contributed by atoms with Gasteiger partial charge in [-0.1, -0.05) is 12.1 Å². The van der Waals surface area contributed by atoms with Crippen LogP contribution in [0, 0.1) is 6.92 Å². The minimum Gasteiger partial charge on any atom is -0.508 e. The topological polar surface area (TPSA) is 61.4 Å². The number of carbonyl (C=O) groups is 1. The van der Waals surface area contributed by atoms with Gasteiger partial charge in [0, 0.05) is 23.0 Å². The van der Waals surface area contributed by atoms with Crippen LogP contribution in [-0.2, 0) is 0 Å². The molecular formula is C14H13IN2O2. The number of carbonyl (C=O) groups excluding carboxylic acids is 1. The van der Waals surface area contributed by atoms with Crippen LogP contribution in [0.5, 0.6) is 5.75 Å². The molecule has 0 fully saturated rings. The summed E-state index contributed by atoms with van der Waals surface area (Å²) in [7, 11) is 0. The maximum Gasteiger partial charge on any atom is 0.255 e. The van der Waals surface area contributed by atoms with Gasteiger partial charge in [-0.25, -0.2) is 0 Å². The molecule has 2 rings (SSSR count). The first kappa shape index (κ1) is 13.7. The van der Waals surface area contributed by atoms with Gasteiger partial charge in [-0.2, -0.15) is 0 Å². The number of amides is 1. The highest BCUT2D eigenvalue weighted by Gasteiger charge is 2.08. The number of halogens is 1. The molecule has 3 N–H and O–H groups in total. The van der Waals surface area contributed by atoms with Crippen LogP contribution in [0.4, 0.5) is 11.4 Å². The van der Waals surface area contributed by atoms with Crippen LogP contribution in [0.2, 0.25) is 0 Å². The molecule has 0 aliphatic carbocycles. The molecule has 2 aromatic rings. The zero-order valence-electron chi connectivity index (χ0n) is 10.3. The summed E-state index contributed by atoms with van der Waals surface area (Å²) in [5.74, 6) is -0.0881. The molecule has 0 aliphatic heterocycles. The Bertz CT molecular complexity index is 614. The van der Waals surface area contributed by atoms with E-state index in [0.29, 0.717) is 11.3 Å². The Balaban J connectivity index is 2.20. The van der Waals surface area contributed by atoms with Gasteiger partial charge in [-0.3, -0.25) is 4.79 Å². The standard InChI is InChI=1S/C14H13IN2O2/c1-9-5-6-10(7-13(9)17-15)14(19)16-11-3-2-4-12(18)8-11/h2-8,17-18H,1H3,(H,16,19). The van der Waals surface area contributed by atoms with Crippen LogP contribution < -0.4 is 8.85 Å². The van der Waals surface area contributed by atoms with Crippen LogP contribution in [0.3, 0.4) is 0 Å². The van der Waals surface area contributed by atoms with Gasteiger partial charge in [0.1, 0.15) is 5.75 Å². The average Bonchev–Trinajstić information content (AvgIpc) is 2.39. The smallest absolute Gasteiger partial charge is 0.255 e. The lowest BCUT2D eigenvalue weighted by Gasteiger charge is -2.08. The van der Waals surface area contributed by atoms with Crippen molar-refractivity contribution in [2.24, 2.45) is 0 Å². The van der Waals surface area contributed by atoms with E-state index >= 15 is 0 Å². The maximum atomic E-state index is 12.1. The fraction of sp³-hybridized carbons (Fsp3) is 0.0714. The van der Waals surface area contributed by atoms with Crippen molar-refractivity contribution in [1.29, 1.82) is 0 Å². The third kappa shape index (κ3) is 3.37. The predicted molar refractivity (Wildman–Crippen MR) is 84.9 cm³/mol. The molecule has 0 aromatic heterocycles. The van der Waals surface area contributed by atoms with E-state index in [1.807, 2.05) is 35.9 Å². The van der Waals surface area contributed by atoms with Crippen LogP contribution >= 0.6 is 22.9 Å². The second-order valence-electron chi connectivity index (χ2n) is 4.13. The number of phenols is 1. The summed E-state index contributed by atoms with van der Waals surface area (Å²) in [6.07, 6.45) is 0. The van der Waals surface area contributed by atoms with Gasteiger partial charge in [0.15, 0.2) is 0 Å². The summed E-state index contributed by atoms with van der Waals surface area (Å²) in [4.78, 5) is 12.1. The van der Waals surface area contributed by atoms with Gasteiger partial charge < -0.3 is 14.0 Å². The SMILES string of the molecule is Cc1ccc(C(=O)Nc2cccc(O)c2)cc1NI. The Morgan fingerprint density at radius 2 is 2.00 bits per heavy atom. The van der Waals surface area contributed by atoms with Gasteiger partial charge in [0.2, 0.25) is 0 Å². The average molecular weight is 368 g/mol. The van der Waals surface area contributed by atoms with E-state index in [9.17, 15) is 9.90 Å². The summed E-state index contributed by atoms with van der Waals surface area (Å²) in [5.41, 5.74) is 3.11. The molecule has 0 unspecified atom stereocenters. The van der Waals surface area contributed by atoms with Crippen molar-refractivity contribution in [3.63, 3.8) is 0 Å². The van der Waals surface area contributed by atoms with Crippen molar-refractivity contribution < 1.29 is 9.90 Å². The van der Waals surface area contributed by atoms with E-state index in [4.69, 9.17) is 0 Å². The minimum absolute atomic E-state index is 0.122. The molecule has 2 aromatic carbocycles. The van der Waals surface area contributed by atoms with Crippen molar-refractivity contribution in [1.82, 2.24) is 0 Å². The molecule has 0 heterocycles. The number of nitrogens with one attached hydrogen (secondary N) is 2. The number of anilines is 2. The Kier molecular flexibility index (Phi) is 4.26. The monoisotopic (exact) mass is 368 g/mol. The molecule has 0 spiro atoms.